The highest BCUT2D eigenvalue weighted by molar-refractivity contribution is 7.91. The molecule has 1 amide bonds. The van der Waals surface area contributed by atoms with Crippen LogP contribution in [0.4, 0.5) is 25.1 Å². The molecule has 252 valence electrons. The Morgan fingerprint density at radius 1 is 0.957 bits per heavy atom. The fourth-order valence-corrected chi connectivity index (χ4v) is 5.94. The highest BCUT2D eigenvalue weighted by Crippen LogP contribution is 2.31. The molecule has 15 heteroatoms. The van der Waals surface area contributed by atoms with E-state index < -0.39 is 38.4 Å². The number of carbonyl (C=O) groups excluding carboxylic acids is 2. The van der Waals surface area contributed by atoms with Crippen molar-refractivity contribution in [2.75, 3.05) is 71.4 Å². The van der Waals surface area contributed by atoms with E-state index in [1.165, 1.54) is 18.2 Å². The third-order valence-electron chi connectivity index (χ3n) is 6.97. The molecule has 2 N–H and O–H groups in total. The van der Waals surface area contributed by atoms with Crippen LogP contribution in [0.25, 0.3) is 10.9 Å². The minimum atomic E-state index is -4.43. The molecule has 1 heterocycles. The number of carbonyl (C=O) groups is 2. The number of benzene rings is 3. The Labute approximate surface area is 271 Å². The largest absolute Gasteiger partial charge is 0.445 e. The van der Waals surface area contributed by atoms with E-state index in [4.69, 9.17) is 14.2 Å². The van der Waals surface area contributed by atoms with Gasteiger partial charge in [0, 0.05) is 43.9 Å². The lowest BCUT2D eigenvalue weighted by molar-refractivity contribution is 0.0786. The number of sulfone groups is 1. The van der Waals surface area contributed by atoms with Crippen LogP contribution < -0.4 is 10.6 Å². The number of fused-ring (bicyclic) bond motifs is 1. The number of hydrogen-bond acceptors (Lipinski definition) is 10. The average Bonchev–Trinajstić information content (AvgIpc) is 3.39. The van der Waals surface area contributed by atoms with Gasteiger partial charge in [-0.3, -0.25) is 4.79 Å². The molecule has 0 aliphatic heterocycles. The Morgan fingerprint density at radius 3 is 2.38 bits per heavy atom. The molecule has 4 aromatic rings. The predicted octanol–water partition coefficient (Wildman–Crippen LogP) is 4.58. The summed E-state index contributed by atoms with van der Waals surface area (Å²) < 4.78 is 71.2. The Kier molecular flexibility index (Phi) is 12.0. The number of aromatic nitrogens is 2. The van der Waals surface area contributed by atoms with Crippen LogP contribution in [0.3, 0.4) is 0 Å². The Balaban J connectivity index is 1.76. The molecular weight excluding hydrogens is 636 g/mol. The van der Waals surface area contributed by atoms with E-state index >= 15 is 0 Å². The first-order valence-electron chi connectivity index (χ1n) is 14.7. The van der Waals surface area contributed by atoms with Crippen LogP contribution in [0.1, 0.15) is 22.8 Å². The second-order valence-electron chi connectivity index (χ2n) is 10.7. The number of hydrogen-bond donors (Lipinski definition) is 2. The molecule has 1 aromatic heterocycles. The van der Waals surface area contributed by atoms with Crippen LogP contribution >= 0.6 is 0 Å². The molecule has 0 fully saturated rings. The SMILES string of the molecule is CCOCCOC(=O)n1nc(NC(=O)c2ccc(CCN(C)C)cc2NCCOC)c2cc(S(=O)(=O)c3cc(F)cc(F)c3)ccc21. The van der Waals surface area contributed by atoms with Gasteiger partial charge in [0.1, 0.15) is 18.2 Å². The third-order valence-corrected chi connectivity index (χ3v) is 8.70. The summed E-state index contributed by atoms with van der Waals surface area (Å²) in [7, 11) is 1.06. The number of ether oxygens (including phenoxy) is 3. The highest BCUT2D eigenvalue weighted by atomic mass is 32.2. The van der Waals surface area contributed by atoms with Crippen LogP contribution in [0.15, 0.2) is 64.4 Å². The summed E-state index contributed by atoms with van der Waals surface area (Å²) in [5.41, 5.74) is 1.90. The van der Waals surface area contributed by atoms with Crippen molar-refractivity contribution in [3.8, 4) is 0 Å². The molecule has 0 saturated carbocycles. The van der Waals surface area contributed by atoms with Gasteiger partial charge in [0.2, 0.25) is 9.84 Å². The van der Waals surface area contributed by atoms with Crippen LogP contribution in [0, 0.1) is 11.6 Å². The first kappa shape index (κ1) is 35.4. The second-order valence-corrected chi connectivity index (χ2v) is 12.6. The van der Waals surface area contributed by atoms with Crippen LogP contribution in [0.5, 0.6) is 0 Å². The molecule has 4 rings (SSSR count). The zero-order valence-electron chi connectivity index (χ0n) is 26.5. The lowest BCUT2D eigenvalue weighted by Gasteiger charge is -2.15. The van der Waals surface area contributed by atoms with Crippen molar-refractivity contribution in [3.63, 3.8) is 0 Å². The van der Waals surface area contributed by atoms with E-state index in [1.54, 1.807) is 20.1 Å². The van der Waals surface area contributed by atoms with Crippen molar-refractivity contribution < 1.29 is 41.0 Å². The number of nitrogens with one attached hydrogen (secondary N) is 2. The number of anilines is 2. The normalized spacial score (nSPS) is 11.6. The van der Waals surface area contributed by atoms with Crippen molar-refractivity contribution >= 4 is 44.2 Å². The number of nitrogens with zero attached hydrogens (tertiary/aromatic N) is 3. The standard InChI is InChI=1S/C32H37F2N5O7S/c1-5-45-14-15-46-32(41)39-29-9-7-24(47(42,43)25-18-22(33)17-23(34)19-25)20-27(29)30(37-39)36-31(40)26-8-6-21(10-12-38(2)3)16-28(26)35-11-13-44-4/h6-9,16-20,35H,5,10-15H2,1-4H3,(H,36,37,40). The maximum absolute atomic E-state index is 13.9. The van der Waals surface area contributed by atoms with E-state index in [1.807, 2.05) is 31.1 Å². The number of halogens is 2. The van der Waals surface area contributed by atoms with Gasteiger partial charge in [-0.25, -0.2) is 22.0 Å². The first-order valence-corrected chi connectivity index (χ1v) is 16.2. The zero-order chi connectivity index (χ0) is 34.1. The van der Waals surface area contributed by atoms with Crippen molar-refractivity contribution in [3.05, 3.63) is 77.4 Å². The summed E-state index contributed by atoms with van der Waals surface area (Å²) in [6, 6.07) is 10.9. The molecule has 0 spiro atoms. The molecular formula is C32H37F2N5O7S. The van der Waals surface area contributed by atoms with Crippen molar-refractivity contribution in [2.24, 2.45) is 0 Å². The summed E-state index contributed by atoms with van der Waals surface area (Å²) in [6.45, 7) is 3.86. The van der Waals surface area contributed by atoms with E-state index in [0.29, 0.717) is 43.6 Å². The number of rotatable bonds is 15. The molecule has 0 bridgehead atoms. The van der Waals surface area contributed by atoms with Gasteiger partial charge in [0.25, 0.3) is 5.91 Å². The van der Waals surface area contributed by atoms with Crippen LogP contribution in [-0.4, -0.2) is 95.8 Å². The highest BCUT2D eigenvalue weighted by Gasteiger charge is 2.25. The number of amides is 1. The molecule has 0 radical (unpaired) electrons. The average molecular weight is 674 g/mol. The topological polar surface area (TPSA) is 141 Å². The maximum Gasteiger partial charge on any atom is 0.435 e. The summed E-state index contributed by atoms with van der Waals surface area (Å²) in [5.74, 6) is -2.87. The van der Waals surface area contributed by atoms with Gasteiger partial charge in [-0.1, -0.05) is 6.07 Å². The Hall–Kier alpha value is -4.44. The van der Waals surface area contributed by atoms with Crippen molar-refractivity contribution in [1.29, 1.82) is 0 Å². The summed E-state index contributed by atoms with van der Waals surface area (Å²) in [6.07, 6.45) is -0.161. The summed E-state index contributed by atoms with van der Waals surface area (Å²) >= 11 is 0. The smallest absolute Gasteiger partial charge is 0.435 e. The number of likely N-dealkylation sites (N-methyl/N-ethyl adjacent to an activating group) is 1. The minimum Gasteiger partial charge on any atom is -0.445 e. The zero-order valence-corrected chi connectivity index (χ0v) is 27.3. The third kappa shape index (κ3) is 8.88. The molecule has 0 aliphatic rings. The van der Waals surface area contributed by atoms with Gasteiger partial charge >= 0.3 is 6.09 Å². The lowest BCUT2D eigenvalue weighted by atomic mass is 10.1. The molecule has 0 saturated heterocycles. The second kappa shape index (κ2) is 15.9. The van der Waals surface area contributed by atoms with E-state index in [0.717, 1.165) is 23.2 Å². The Morgan fingerprint density at radius 2 is 1.70 bits per heavy atom. The Bertz CT molecular complexity index is 1830. The van der Waals surface area contributed by atoms with Gasteiger partial charge in [0.15, 0.2) is 5.82 Å². The molecule has 12 nitrogen and oxygen atoms in total. The lowest BCUT2D eigenvalue weighted by Crippen LogP contribution is -2.20. The molecule has 0 atom stereocenters. The van der Waals surface area contributed by atoms with Crippen molar-refractivity contribution in [2.45, 2.75) is 23.1 Å². The van der Waals surface area contributed by atoms with E-state index in [-0.39, 0.29) is 40.4 Å². The van der Waals surface area contributed by atoms with Gasteiger partial charge < -0.3 is 29.7 Å². The van der Waals surface area contributed by atoms with Gasteiger partial charge in [0.05, 0.1) is 34.1 Å². The maximum atomic E-state index is 13.9. The number of methoxy groups -OCH3 is 1. The van der Waals surface area contributed by atoms with Gasteiger partial charge in [-0.2, -0.15) is 4.68 Å². The van der Waals surface area contributed by atoms with Crippen LogP contribution in [-0.2, 0) is 30.5 Å². The fourth-order valence-electron chi connectivity index (χ4n) is 4.62. The molecule has 3 aromatic carbocycles. The first-order chi connectivity index (χ1) is 22.4. The summed E-state index contributed by atoms with van der Waals surface area (Å²) in [5, 5.41) is 10.2. The van der Waals surface area contributed by atoms with E-state index in [9.17, 15) is 26.8 Å². The quantitative estimate of drug-likeness (QED) is 0.172. The van der Waals surface area contributed by atoms with Crippen molar-refractivity contribution in [1.82, 2.24) is 14.7 Å². The minimum absolute atomic E-state index is 0.0644. The molecule has 0 unspecified atom stereocenters. The molecule has 0 aliphatic carbocycles. The van der Waals surface area contributed by atoms with Gasteiger partial charge in [-0.05, 0) is 75.5 Å². The van der Waals surface area contributed by atoms with Gasteiger partial charge in [-0.15, -0.1) is 5.10 Å². The molecule has 47 heavy (non-hydrogen) atoms. The summed E-state index contributed by atoms with van der Waals surface area (Å²) in [4.78, 5) is 27.8. The predicted molar refractivity (Wildman–Crippen MR) is 172 cm³/mol. The van der Waals surface area contributed by atoms with Crippen LogP contribution in [0.2, 0.25) is 0 Å². The fraction of sp³-hybridized carbons (Fsp3) is 0.344. The monoisotopic (exact) mass is 673 g/mol. The van der Waals surface area contributed by atoms with E-state index in [2.05, 4.69) is 15.7 Å².